The van der Waals surface area contributed by atoms with Gasteiger partial charge in [-0.1, -0.05) is 26.0 Å². The molecule has 0 aliphatic carbocycles. The Labute approximate surface area is 118 Å². The zero-order chi connectivity index (χ0) is 14.0. The van der Waals surface area contributed by atoms with E-state index in [9.17, 15) is 8.42 Å². The van der Waals surface area contributed by atoms with Gasteiger partial charge in [0.2, 0.25) is 0 Å². The summed E-state index contributed by atoms with van der Waals surface area (Å²) >= 11 is 1.41. The van der Waals surface area contributed by atoms with Gasteiger partial charge in [0.25, 0.3) is 10.0 Å². The molecule has 0 amide bonds. The van der Waals surface area contributed by atoms with Crippen LogP contribution < -0.4 is 4.31 Å². The zero-order valence-corrected chi connectivity index (χ0v) is 12.8. The van der Waals surface area contributed by atoms with Gasteiger partial charge >= 0.3 is 0 Å². The molecule has 1 aromatic heterocycles. The molecule has 2 aromatic rings. The lowest BCUT2D eigenvalue weighted by atomic mass is 10.0. The van der Waals surface area contributed by atoms with Gasteiger partial charge < -0.3 is 0 Å². The lowest BCUT2D eigenvalue weighted by Gasteiger charge is -2.17. The first kappa shape index (κ1) is 14.1. The monoisotopic (exact) mass is 295 g/mol. The molecule has 5 heteroatoms. The molecule has 1 heterocycles. The molecule has 0 unspecified atom stereocenters. The summed E-state index contributed by atoms with van der Waals surface area (Å²) in [6.07, 6.45) is 0. The van der Waals surface area contributed by atoms with E-state index in [-0.39, 0.29) is 0 Å². The molecule has 1 aromatic carbocycles. The van der Waals surface area contributed by atoms with Gasteiger partial charge in [-0.15, -0.1) is 11.3 Å². The topological polar surface area (TPSA) is 37.4 Å². The first-order valence-electron chi connectivity index (χ1n) is 6.05. The van der Waals surface area contributed by atoms with Gasteiger partial charge in [0.1, 0.15) is 5.00 Å². The van der Waals surface area contributed by atoms with Gasteiger partial charge in [0, 0.05) is 7.05 Å². The molecule has 2 rings (SSSR count). The van der Waals surface area contributed by atoms with E-state index < -0.39 is 10.0 Å². The van der Waals surface area contributed by atoms with Crippen LogP contribution in [-0.4, -0.2) is 15.5 Å². The maximum absolute atomic E-state index is 12.4. The fraction of sp³-hybridized carbons (Fsp3) is 0.286. The number of benzene rings is 1. The van der Waals surface area contributed by atoms with Gasteiger partial charge in [-0.3, -0.25) is 4.31 Å². The first-order chi connectivity index (χ1) is 8.93. The lowest BCUT2D eigenvalue weighted by molar-refractivity contribution is 0.594. The molecule has 0 aliphatic rings. The molecular formula is C14H17NO2S2. The predicted octanol–water partition coefficient (Wildman–Crippen LogP) is 3.70. The highest BCUT2D eigenvalue weighted by atomic mass is 32.2. The summed E-state index contributed by atoms with van der Waals surface area (Å²) in [7, 11) is -1.88. The van der Waals surface area contributed by atoms with Crippen LogP contribution in [0.5, 0.6) is 0 Å². The van der Waals surface area contributed by atoms with Crippen LogP contribution in [0.25, 0.3) is 0 Å². The number of hydrogen-bond donors (Lipinski definition) is 0. The van der Waals surface area contributed by atoms with Crippen LogP contribution in [0.15, 0.2) is 46.7 Å². The van der Waals surface area contributed by atoms with Crippen molar-refractivity contribution in [1.82, 2.24) is 0 Å². The van der Waals surface area contributed by atoms with Crippen LogP contribution in [0.3, 0.4) is 0 Å². The van der Waals surface area contributed by atoms with Gasteiger partial charge in [-0.05, 0) is 41.1 Å². The van der Waals surface area contributed by atoms with Gasteiger partial charge in [0.15, 0.2) is 0 Å². The highest BCUT2D eigenvalue weighted by Gasteiger charge is 2.21. The largest absolute Gasteiger partial charge is 0.264 e. The molecule has 0 N–H and O–H groups in total. The van der Waals surface area contributed by atoms with Crippen LogP contribution in [0.4, 0.5) is 5.00 Å². The molecule has 19 heavy (non-hydrogen) atoms. The Balaban J connectivity index is 2.34. The van der Waals surface area contributed by atoms with E-state index >= 15 is 0 Å². The van der Waals surface area contributed by atoms with Gasteiger partial charge in [-0.25, -0.2) is 8.42 Å². The maximum atomic E-state index is 12.4. The molecule has 0 aliphatic heterocycles. The second kappa shape index (κ2) is 5.35. The number of anilines is 1. The van der Waals surface area contributed by atoms with E-state index in [1.165, 1.54) is 15.6 Å². The molecule has 0 fully saturated rings. The summed E-state index contributed by atoms with van der Waals surface area (Å²) in [4.78, 5) is 0.327. The highest BCUT2D eigenvalue weighted by molar-refractivity contribution is 7.93. The fourth-order valence-corrected chi connectivity index (χ4v) is 3.87. The Morgan fingerprint density at radius 2 is 1.74 bits per heavy atom. The minimum Gasteiger partial charge on any atom is -0.260 e. The Bertz CT molecular complexity index is 629. The standard InChI is InChI=1S/C14H17NO2S2/c1-11(2)12-6-8-13(9-7-12)19(16,17)15(3)14-5-4-10-18-14/h4-11H,1-3H3. The summed E-state index contributed by atoms with van der Waals surface area (Å²) in [5.41, 5.74) is 1.14. The molecule has 102 valence electrons. The lowest BCUT2D eigenvalue weighted by Crippen LogP contribution is -2.25. The van der Waals surface area contributed by atoms with E-state index in [0.717, 1.165) is 5.56 Å². The van der Waals surface area contributed by atoms with Crippen molar-refractivity contribution >= 4 is 26.4 Å². The SMILES string of the molecule is CC(C)c1ccc(S(=O)(=O)N(C)c2cccs2)cc1. The summed E-state index contributed by atoms with van der Waals surface area (Å²) < 4.78 is 26.2. The summed E-state index contributed by atoms with van der Waals surface area (Å²) in [6, 6.07) is 10.7. The third-order valence-corrected chi connectivity index (χ3v) is 5.87. The number of nitrogens with zero attached hydrogens (tertiary/aromatic N) is 1. The summed E-state index contributed by atoms with van der Waals surface area (Å²) in [6.45, 7) is 4.17. The smallest absolute Gasteiger partial charge is 0.260 e. The summed E-state index contributed by atoms with van der Waals surface area (Å²) in [5.74, 6) is 0.395. The number of rotatable bonds is 4. The summed E-state index contributed by atoms with van der Waals surface area (Å²) in [5, 5.41) is 2.58. The first-order valence-corrected chi connectivity index (χ1v) is 8.37. The molecule has 3 nitrogen and oxygen atoms in total. The van der Waals surface area contributed by atoms with Crippen LogP contribution in [0.1, 0.15) is 25.3 Å². The Morgan fingerprint density at radius 3 is 2.21 bits per heavy atom. The minimum atomic E-state index is -3.46. The van der Waals surface area contributed by atoms with Crippen molar-refractivity contribution < 1.29 is 8.42 Å². The van der Waals surface area contributed by atoms with E-state index in [0.29, 0.717) is 15.8 Å². The van der Waals surface area contributed by atoms with Crippen molar-refractivity contribution in [2.45, 2.75) is 24.7 Å². The van der Waals surface area contributed by atoms with E-state index in [1.54, 1.807) is 25.2 Å². The fourth-order valence-electron chi connectivity index (χ4n) is 1.75. The van der Waals surface area contributed by atoms with Crippen LogP contribution in [0.2, 0.25) is 0 Å². The molecule has 0 saturated carbocycles. The molecule has 0 spiro atoms. The number of hydrogen-bond acceptors (Lipinski definition) is 3. The minimum absolute atomic E-state index is 0.327. The molecule has 0 radical (unpaired) electrons. The number of thiophene rings is 1. The zero-order valence-electron chi connectivity index (χ0n) is 11.2. The second-order valence-electron chi connectivity index (χ2n) is 4.65. The third-order valence-electron chi connectivity index (χ3n) is 3.02. The highest BCUT2D eigenvalue weighted by Crippen LogP contribution is 2.27. The van der Waals surface area contributed by atoms with Gasteiger partial charge in [0.05, 0.1) is 4.90 Å². The van der Waals surface area contributed by atoms with Crippen molar-refractivity contribution in [3.8, 4) is 0 Å². The van der Waals surface area contributed by atoms with Crippen LogP contribution >= 0.6 is 11.3 Å². The van der Waals surface area contributed by atoms with Crippen molar-refractivity contribution in [3.05, 3.63) is 47.3 Å². The molecular weight excluding hydrogens is 278 g/mol. The van der Waals surface area contributed by atoms with Crippen molar-refractivity contribution in [3.63, 3.8) is 0 Å². The average molecular weight is 295 g/mol. The Kier molecular flexibility index (Phi) is 3.96. The normalized spacial score (nSPS) is 11.8. The quantitative estimate of drug-likeness (QED) is 0.862. The molecule has 0 atom stereocenters. The predicted molar refractivity (Wildman–Crippen MR) is 80.4 cm³/mol. The van der Waals surface area contributed by atoms with Crippen molar-refractivity contribution in [1.29, 1.82) is 0 Å². The van der Waals surface area contributed by atoms with E-state index in [1.807, 2.05) is 23.6 Å². The average Bonchev–Trinajstić information content (AvgIpc) is 2.91. The third kappa shape index (κ3) is 2.82. The van der Waals surface area contributed by atoms with Crippen molar-refractivity contribution in [2.75, 3.05) is 11.4 Å². The van der Waals surface area contributed by atoms with E-state index in [2.05, 4.69) is 13.8 Å². The maximum Gasteiger partial charge on any atom is 0.264 e. The molecule has 0 saturated heterocycles. The Hall–Kier alpha value is -1.33. The van der Waals surface area contributed by atoms with Crippen LogP contribution in [0, 0.1) is 0 Å². The van der Waals surface area contributed by atoms with Gasteiger partial charge in [-0.2, -0.15) is 0 Å². The van der Waals surface area contributed by atoms with E-state index in [4.69, 9.17) is 0 Å². The number of sulfonamides is 1. The molecule has 0 bridgehead atoms. The van der Waals surface area contributed by atoms with Crippen molar-refractivity contribution in [2.24, 2.45) is 0 Å². The Morgan fingerprint density at radius 1 is 1.11 bits per heavy atom. The van der Waals surface area contributed by atoms with Crippen LogP contribution in [-0.2, 0) is 10.0 Å². The second-order valence-corrected chi connectivity index (χ2v) is 7.54.